The molecule has 0 aromatic heterocycles. The van der Waals surface area contributed by atoms with Crippen molar-refractivity contribution in [3.63, 3.8) is 0 Å². The second-order valence-electron chi connectivity index (χ2n) is 6.24. The van der Waals surface area contributed by atoms with Crippen LogP contribution in [-0.4, -0.2) is 8.42 Å². The van der Waals surface area contributed by atoms with Crippen LogP contribution in [-0.2, 0) is 16.6 Å². The summed E-state index contributed by atoms with van der Waals surface area (Å²) < 4.78 is 41.6. The number of aryl methyl sites for hydroxylation is 2. The molecular formula is C21H20FNO2S. The zero-order valence-corrected chi connectivity index (χ0v) is 15.5. The number of hydrogen-bond acceptors (Lipinski definition) is 2. The van der Waals surface area contributed by atoms with Crippen LogP contribution in [0.3, 0.4) is 0 Å². The van der Waals surface area contributed by atoms with Crippen LogP contribution in [0.15, 0.2) is 77.7 Å². The van der Waals surface area contributed by atoms with E-state index in [1.807, 2.05) is 19.1 Å². The van der Waals surface area contributed by atoms with Gasteiger partial charge in [0.05, 0.1) is 17.1 Å². The van der Waals surface area contributed by atoms with Crippen molar-refractivity contribution < 1.29 is 12.8 Å². The summed E-state index contributed by atoms with van der Waals surface area (Å²) in [6.07, 6.45) is 0. The molecule has 0 radical (unpaired) electrons. The Morgan fingerprint density at radius 3 is 2.23 bits per heavy atom. The molecule has 0 saturated heterocycles. The highest BCUT2D eigenvalue weighted by Crippen LogP contribution is 2.28. The molecular weight excluding hydrogens is 349 g/mol. The third-order valence-corrected chi connectivity index (χ3v) is 6.13. The monoisotopic (exact) mass is 369 g/mol. The number of halogens is 1. The Morgan fingerprint density at radius 2 is 1.58 bits per heavy atom. The minimum Gasteiger partial charge on any atom is -0.262 e. The van der Waals surface area contributed by atoms with E-state index in [1.54, 1.807) is 55.5 Å². The normalized spacial score (nSPS) is 11.3. The molecule has 0 aliphatic heterocycles. The molecule has 0 N–H and O–H groups in total. The lowest BCUT2D eigenvalue weighted by Gasteiger charge is -2.25. The lowest BCUT2D eigenvalue weighted by Crippen LogP contribution is -2.31. The largest absolute Gasteiger partial charge is 0.264 e. The van der Waals surface area contributed by atoms with Gasteiger partial charge in [-0.05, 0) is 55.3 Å². The molecule has 0 saturated carbocycles. The molecule has 5 heteroatoms. The molecule has 0 spiro atoms. The lowest BCUT2D eigenvalue weighted by molar-refractivity contribution is 0.589. The first-order valence-corrected chi connectivity index (χ1v) is 9.71. The maximum absolute atomic E-state index is 13.6. The number of sulfonamides is 1. The van der Waals surface area contributed by atoms with Gasteiger partial charge >= 0.3 is 0 Å². The summed E-state index contributed by atoms with van der Waals surface area (Å²) in [4.78, 5) is 0.247. The third kappa shape index (κ3) is 3.78. The molecule has 0 aliphatic carbocycles. The second-order valence-corrected chi connectivity index (χ2v) is 8.07. The molecule has 0 fully saturated rings. The van der Waals surface area contributed by atoms with E-state index < -0.39 is 10.0 Å². The first-order valence-electron chi connectivity index (χ1n) is 8.27. The Labute approximate surface area is 153 Å². The van der Waals surface area contributed by atoms with Gasteiger partial charge in [0, 0.05) is 0 Å². The van der Waals surface area contributed by atoms with Gasteiger partial charge in [-0.25, -0.2) is 12.8 Å². The molecule has 3 nitrogen and oxygen atoms in total. The molecule has 0 bridgehead atoms. The summed E-state index contributed by atoms with van der Waals surface area (Å²) in [6, 6.07) is 20.1. The van der Waals surface area contributed by atoms with Crippen LogP contribution in [0.5, 0.6) is 0 Å². The van der Waals surface area contributed by atoms with Crippen LogP contribution in [0.25, 0.3) is 0 Å². The van der Waals surface area contributed by atoms with Gasteiger partial charge in [-0.3, -0.25) is 4.31 Å². The number of nitrogens with zero attached hydrogens (tertiary/aromatic N) is 1. The fraction of sp³-hybridized carbons (Fsp3) is 0.143. The molecule has 3 aromatic carbocycles. The van der Waals surface area contributed by atoms with Gasteiger partial charge in [-0.2, -0.15) is 0 Å². The molecule has 3 rings (SSSR count). The Kier molecular flexibility index (Phi) is 5.09. The minimum atomic E-state index is -3.80. The number of hydrogen-bond donors (Lipinski definition) is 0. The highest BCUT2D eigenvalue weighted by atomic mass is 32.2. The first-order chi connectivity index (χ1) is 12.4. The first kappa shape index (κ1) is 18.1. The van der Waals surface area contributed by atoms with Gasteiger partial charge in [0.1, 0.15) is 5.82 Å². The van der Waals surface area contributed by atoms with Crippen molar-refractivity contribution in [2.75, 3.05) is 4.31 Å². The predicted octanol–water partition coefficient (Wildman–Crippen LogP) is 4.84. The lowest BCUT2D eigenvalue weighted by atomic mass is 10.2. The Balaban J connectivity index is 2.11. The Hall–Kier alpha value is -2.66. The van der Waals surface area contributed by atoms with Crippen molar-refractivity contribution in [3.8, 4) is 0 Å². The number of rotatable bonds is 5. The fourth-order valence-electron chi connectivity index (χ4n) is 2.79. The summed E-state index contributed by atoms with van der Waals surface area (Å²) in [5.41, 5.74) is 2.84. The van der Waals surface area contributed by atoms with Crippen LogP contribution >= 0.6 is 0 Å². The molecule has 0 heterocycles. The smallest absolute Gasteiger partial charge is 0.262 e. The van der Waals surface area contributed by atoms with Crippen LogP contribution in [0.4, 0.5) is 10.1 Å². The molecule has 0 unspecified atom stereocenters. The van der Waals surface area contributed by atoms with Gasteiger partial charge in [-0.1, -0.05) is 48.0 Å². The Bertz CT molecular complexity index is 1010. The fourth-order valence-corrected chi connectivity index (χ4v) is 4.47. The summed E-state index contributed by atoms with van der Waals surface area (Å²) in [7, 11) is -3.80. The highest BCUT2D eigenvalue weighted by Gasteiger charge is 2.26. The Morgan fingerprint density at radius 1 is 0.885 bits per heavy atom. The van der Waals surface area contributed by atoms with Gasteiger partial charge in [0.2, 0.25) is 0 Å². The standard InChI is InChI=1S/C21H20FNO2S/c1-16-10-12-20(13-11-16)23(15-18-7-5-8-19(22)14-18)26(24,25)21-9-4-3-6-17(21)2/h3-14H,15H2,1-2H3. The molecule has 0 atom stereocenters. The SMILES string of the molecule is Cc1ccc(N(Cc2cccc(F)c2)S(=O)(=O)c2ccccc2C)cc1. The van der Waals surface area contributed by atoms with Crippen LogP contribution in [0.1, 0.15) is 16.7 Å². The zero-order chi connectivity index (χ0) is 18.7. The molecule has 26 heavy (non-hydrogen) atoms. The maximum atomic E-state index is 13.6. The van der Waals surface area contributed by atoms with E-state index in [9.17, 15) is 12.8 Å². The molecule has 134 valence electrons. The predicted molar refractivity (Wildman–Crippen MR) is 102 cm³/mol. The zero-order valence-electron chi connectivity index (χ0n) is 14.7. The summed E-state index contributed by atoms with van der Waals surface area (Å²) in [5, 5.41) is 0. The van der Waals surface area contributed by atoms with E-state index in [4.69, 9.17) is 0 Å². The van der Waals surface area contributed by atoms with Gasteiger partial charge < -0.3 is 0 Å². The second kappa shape index (κ2) is 7.30. The average molecular weight is 369 g/mol. The van der Waals surface area contributed by atoms with Gasteiger partial charge in [0.15, 0.2) is 0 Å². The molecule has 3 aromatic rings. The maximum Gasteiger partial charge on any atom is 0.264 e. The van der Waals surface area contributed by atoms with E-state index in [2.05, 4.69) is 0 Å². The van der Waals surface area contributed by atoms with Crippen LogP contribution in [0, 0.1) is 19.7 Å². The van der Waals surface area contributed by atoms with E-state index in [0.717, 1.165) is 5.56 Å². The van der Waals surface area contributed by atoms with Crippen LogP contribution in [0.2, 0.25) is 0 Å². The van der Waals surface area contributed by atoms with Crippen molar-refractivity contribution in [1.82, 2.24) is 0 Å². The quantitative estimate of drug-likeness (QED) is 0.645. The highest BCUT2D eigenvalue weighted by molar-refractivity contribution is 7.92. The average Bonchev–Trinajstić information content (AvgIpc) is 2.61. The van der Waals surface area contributed by atoms with Crippen molar-refractivity contribution in [3.05, 3.63) is 95.3 Å². The van der Waals surface area contributed by atoms with E-state index in [0.29, 0.717) is 16.8 Å². The van der Waals surface area contributed by atoms with Crippen molar-refractivity contribution in [1.29, 1.82) is 0 Å². The molecule has 0 aliphatic rings. The molecule has 0 amide bonds. The van der Waals surface area contributed by atoms with Gasteiger partial charge in [-0.15, -0.1) is 0 Å². The number of benzene rings is 3. The summed E-state index contributed by atoms with van der Waals surface area (Å²) in [5.74, 6) is -0.389. The summed E-state index contributed by atoms with van der Waals surface area (Å²) in [6.45, 7) is 3.76. The minimum absolute atomic E-state index is 0.0531. The summed E-state index contributed by atoms with van der Waals surface area (Å²) >= 11 is 0. The van der Waals surface area contributed by atoms with Crippen molar-refractivity contribution >= 4 is 15.7 Å². The topological polar surface area (TPSA) is 37.4 Å². The van der Waals surface area contributed by atoms with Gasteiger partial charge in [0.25, 0.3) is 10.0 Å². The van der Waals surface area contributed by atoms with E-state index in [-0.39, 0.29) is 17.3 Å². The van der Waals surface area contributed by atoms with E-state index in [1.165, 1.54) is 16.4 Å². The number of anilines is 1. The van der Waals surface area contributed by atoms with Crippen molar-refractivity contribution in [2.24, 2.45) is 0 Å². The van der Waals surface area contributed by atoms with Crippen molar-refractivity contribution in [2.45, 2.75) is 25.3 Å². The van der Waals surface area contributed by atoms with Crippen LogP contribution < -0.4 is 4.31 Å². The third-order valence-electron chi connectivity index (χ3n) is 4.20. The van der Waals surface area contributed by atoms with E-state index >= 15 is 0 Å².